The Morgan fingerprint density at radius 2 is 2.05 bits per heavy atom. The summed E-state index contributed by atoms with van der Waals surface area (Å²) in [5.74, 6) is 0. The number of rotatable bonds is 4. The minimum Gasteiger partial charge on any atom is -0.209 e. The summed E-state index contributed by atoms with van der Waals surface area (Å²) in [7, 11) is -3.48. The van der Waals surface area contributed by atoms with Gasteiger partial charge in [-0.1, -0.05) is 0 Å². The molecule has 0 aliphatic rings. The summed E-state index contributed by atoms with van der Waals surface area (Å²) in [6, 6.07) is 4.67. The molecule has 1 aromatic carbocycles. The Morgan fingerprint density at radius 3 is 2.58 bits per heavy atom. The van der Waals surface area contributed by atoms with Gasteiger partial charge in [-0.15, -0.1) is 5.10 Å². The van der Waals surface area contributed by atoms with Crippen LogP contribution in [0.1, 0.15) is 19.4 Å². The summed E-state index contributed by atoms with van der Waals surface area (Å²) in [6.07, 6.45) is 1.46. The molecule has 2 rings (SSSR count). The SMILES string of the molecule is Cc1cc(S(=O)(=O)NC(C)C)ccc1-n1cnnn1. The molecule has 0 saturated carbocycles. The van der Waals surface area contributed by atoms with E-state index in [9.17, 15) is 8.42 Å². The smallest absolute Gasteiger partial charge is 0.209 e. The number of nitrogens with one attached hydrogen (secondary N) is 1. The predicted octanol–water partition coefficient (Wildman–Crippen LogP) is 0.657. The van der Waals surface area contributed by atoms with E-state index in [0.29, 0.717) is 0 Å². The molecule has 0 amide bonds. The fourth-order valence-corrected chi connectivity index (χ4v) is 3.04. The molecule has 102 valence electrons. The molecule has 0 saturated heterocycles. The second-order valence-electron chi connectivity index (χ2n) is 4.48. The van der Waals surface area contributed by atoms with Crippen LogP contribution in [0, 0.1) is 6.92 Å². The fraction of sp³-hybridized carbons (Fsp3) is 0.364. The van der Waals surface area contributed by atoms with Crippen molar-refractivity contribution in [3.63, 3.8) is 0 Å². The predicted molar refractivity (Wildman–Crippen MR) is 69.3 cm³/mol. The molecule has 1 heterocycles. The lowest BCUT2D eigenvalue weighted by Gasteiger charge is -2.11. The van der Waals surface area contributed by atoms with Crippen LogP contribution in [0.3, 0.4) is 0 Å². The van der Waals surface area contributed by atoms with E-state index >= 15 is 0 Å². The molecule has 1 N–H and O–H groups in total. The molecule has 0 aliphatic carbocycles. The van der Waals surface area contributed by atoms with Gasteiger partial charge in [0.05, 0.1) is 10.6 Å². The van der Waals surface area contributed by atoms with Gasteiger partial charge in [0.25, 0.3) is 0 Å². The van der Waals surface area contributed by atoms with Crippen LogP contribution in [-0.2, 0) is 10.0 Å². The van der Waals surface area contributed by atoms with E-state index in [1.807, 2.05) is 6.92 Å². The number of aromatic nitrogens is 4. The van der Waals surface area contributed by atoms with Crippen molar-refractivity contribution in [3.8, 4) is 5.69 Å². The maximum Gasteiger partial charge on any atom is 0.240 e. The number of hydrogen-bond donors (Lipinski definition) is 1. The molecule has 0 spiro atoms. The maximum absolute atomic E-state index is 12.0. The number of aryl methyl sites for hydroxylation is 1. The molecule has 19 heavy (non-hydrogen) atoms. The zero-order valence-corrected chi connectivity index (χ0v) is 11.7. The minimum absolute atomic E-state index is 0.149. The van der Waals surface area contributed by atoms with Gasteiger partial charge in [-0.05, 0) is 55.0 Å². The summed E-state index contributed by atoms with van der Waals surface area (Å²) in [5, 5.41) is 10.9. The van der Waals surface area contributed by atoms with Crippen molar-refractivity contribution >= 4 is 10.0 Å². The highest BCUT2D eigenvalue weighted by Crippen LogP contribution is 2.18. The van der Waals surface area contributed by atoms with E-state index in [-0.39, 0.29) is 10.9 Å². The van der Waals surface area contributed by atoms with Gasteiger partial charge in [-0.25, -0.2) is 17.8 Å². The second-order valence-corrected chi connectivity index (χ2v) is 6.19. The first-order valence-corrected chi connectivity index (χ1v) is 7.25. The van der Waals surface area contributed by atoms with Crippen molar-refractivity contribution in [1.82, 2.24) is 24.9 Å². The average Bonchev–Trinajstić information content (AvgIpc) is 2.80. The summed E-state index contributed by atoms with van der Waals surface area (Å²) < 4.78 is 28.1. The van der Waals surface area contributed by atoms with Crippen molar-refractivity contribution in [2.75, 3.05) is 0 Å². The molecule has 2 aromatic rings. The summed E-state index contributed by atoms with van der Waals surface area (Å²) >= 11 is 0. The first kappa shape index (κ1) is 13.6. The Bertz CT molecular complexity index is 664. The van der Waals surface area contributed by atoms with Gasteiger partial charge >= 0.3 is 0 Å². The van der Waals surface area contributed by atoms with Crippen molar-refractivity contribution in [1.29, 1.82) is 0 Å². The van der Waals surface area contributed by atoms with Crippen LogP contribution in [0.2, 0.25) is 0 Å². The molecule has 0 unspecified atom stereocenters. The Labute approximate surface area is 111 Å². The second kappa shape index (κ2) is 5.06. The van der Waals surface area contributed by atoms with Crippen LogP contribution in [0.15, 0.2) is 29.4 Å². The molecular formula is C11H15N5O2S. The lowest BCUT2D eigenvalue weighted by atomic mass is 10.2. The van der Waals surface area contributed by atoms with Gasteiger partial charge in [0.1, 0.15) is 6.33 Å². The van der Waals surface area contributed by atoms with Crippen LogP contribution < -0.4 is 4.72 Å². The standard InChI is InChI=1S/C11H15N5O2S/c1-8(2)13-19(17,18)10-4-5-11(9(3)6-10)16-7-12-14-15-16/h4-8,13H,1-3H3. The van der Waals surface area contributed by atoms with E-state index < -0.39 is 10.0 Å². The Balaban J connectivity index is 2.40. The molecule has 7 nitrogen and oxygen atoms in total. The molecule has 0 fully saturated rings. The van der Waals surface area contributed by atoms with Crippen molar-refractivity contribution in [2.24, 2.45) is 0 Å². The van der Waals surface area contributed by atoms with Gasteiger partial charge in [-0.2, -0.15) is 0 Å². The van der Waals surface area contributed by atoms with Crippen LogP contribution in [-0.4, -0.2) is 34.7 Å². The zero-order valence-electron chi connectivity index (χ0n) is 10.9. The van der Waals surface area contributed by atoms with E-state index in [1.165, 1.54) is 17.1 Å². The van der Waals surface area contributed by atoms with Crippen molar-refractivity contribution in [2.45, 2.75) is 31.7 Å². The van der Waals surface area contributed by atoms with Crippen molar-refractivity contribution in [3.05, 3.63) is 30.1 Å². The van der Waals surface area contributed by atoms with Crippen molar-refractivity contribution < 1.29 is 8.42 Å². The fourth-order valence-electron chi connectivity index (χ4n) is 1.70. The minimum atomic E-state index is -3.48. The summed E-state index contributed by atoms with van der Waals surface area (Å²) in [5.41, 5.74) is 1.52. The van der Waals surface area contributed by atoms with Crippen LogP contribution in [0.4, 0.5) is 0 Å². The monoisotopic (exact) mass is 281 g/mol. The zero-order chi connectivity index (χ0) is 14.0. The number of sulfonamides is 1. The normalized spacial score (nSPS) is 12.0. The molecule has 8 heteroatoms. The third-order valence-electron chi connectivity index (χ3n) is 2.47. The maximum atomic E-state index is 12.0. The molecule has 1 aromatic heterocycles. The third kappa shape index (κ3) is 2.96. The molecular weight excluding hydrogens is 266 g/mol. The van der Waals surface area contributed by atoms with E-state index in [4.69, 9.17) is 0 Å². The van der Waals surface area contributed by atoms with Crippen LogP contribution >= 0.6 is 0 Å². The summed E-state index contributed by atoms with van der Waals surface area (Å²) in [4.78, 5) is 0.232. The van der Waals surface area contributed by atoms with Gasteiger partial charge in [0.15, 0.2) is 0 Å². The lowest BCUT2D eigenvalue weighted by Crippen LogP contribution is -2.30. The first-order chi connectivity index (χ1) is 8.90. The van der Waals surface area contributed by atoms with Gasteiger partial charge in [-0.3, -0.25) is 0 Å². The molecule has 0 radical (unpaired) electrons. The van der Waals surface area contributed by atoms with Gasteiger partial charge < -0.3 is 0 Å². The van der Waals surface area contributed by atoms with Crippen LogP contribution in [0.5, 0.6) is 0 Å². The number of tetrazole rings is 1. The number of hydrogen-bond acceptors (Lipinski definition) is 5. The highest BCUT2D eigenvalue weighted by Gasteiger charge is 2.16. The van der Waals surface area contributed by atoms with E-state index in [2.05, 4.69) is 20.2 Å². The van der Waals surface area contributed by atoms with Gasteiger partial charge in [0.2, 0.25) is 10.0 Å². The Hall–Kier alpha value is -1.80. The molecule has 0 bridgehead atoms. The van der Waals surface area contributed by atoms with E-state index in [0.717, 1.165) is 11.3 Å². The third-order valence-corrected chi connectivity index (χ3v) is 4.12. The first-order valence-electron chi connectivity index (χ1n) is 5.76. The summed E-state index contributed by atoms with van der Waals surface area (Å²) in [6.45, 7) is 5.37. The number of nitrogens with zero attached hydrogens (tertiary/aromatic N) is 4. The number of benzene rings is 1. The largest absolute Gasteiger partial charge is 0.240 e. The quantitative estimate of drug-likeness (QED) is 0.889. The Kier molecular flexibility index (Phi) is 3.63. The van der Waals surface area contributed by atoms with Gasteiger partial charge in [0, 0.05) is 6.04 Å². The molecule has 0 aliphatic heterocycles. The van der Waals surface area contributed by atoms with Crippen LogP contribution in [0.25, 0.3) is 5.69 Å². The average molecular weight is 281 g/mol. The highest BCUT2D eigenvalue weighted by molar-refractivity contribution is 7.89. The highest BCUT2D eigenvalue weighted by atomic mass is 32.2. The Morgan fingerprint density at radius 1 is 1.32 bits per heavy atom. The molecule has 0 atom stereocenters. The lowest BCUT2D eigenvalue weighted by molar-refractivity contribution is 0.569. The topological polar surface area (TPSA) is 89.8 Å². The van der Waals surface area contributed by atoms with E-state index in [1.54, 1.807) is 26.0 Å².